The van der Waals surface area contributed by atoms with Gasteiger partial charge in [-0.05, 0) is 43.7 Å². The lowest BCUT2D eigenvalue weighted by Gasteiger charge is -2.19. The van der Waals surface area contributed by atoms with Crippen LogP contribution in [0.4, 0.5) is 10.1 Å². The molecule has 0 heterocycles. The standard InChI is InChI=1S/C11H17FN2/c1-9-8-10(4-5-11(9)12)14(2)7-3-6-13/h4-5,8H,3,6-7,13H2,1-2H3. The summed E-state index contributed by atoms with van der Waals surface area (Å²) in [5.74, 6) is -0.152. The third kappa shape index (κ3) is 2.70. The maximum absolute atomic E-state index is 13.0. The first-order chi connectivity index (χ1) is 6.65. The Bertz CT molecular complexity index is 299. The number of nitrogens with zero attached hydrogens (tertiary/aromatic N) is 1. The van der Waals surface area contributed by atoms with Crippen molar-refractivity contribution < 1.29 is 4.39 Å². The monoisotopic (exact) mass is 196 g/mol. The van der Waals surface area contributed by atoms with Crippen molar-refractivity contribution in [2.24, 2.45) is 5.73 Å². The molecule has 0 aliphatic rings. The highest BCUT2D eigenvalue weighted by atomic mass is 19.1. The zero-order chi connectivity index (χ0) is 10.6. The second-order valence-corrected chi connectivity index (χ2v) is 3.50. The Labute approximate surface area is 84.5 Å². The van der Waals surface area contributed by atoms with Crippen molar-refractivity contribution in [3.8, 4) is 0 Å². The summed E-state index contributed by atoms with van der Waals surface area (Å²) in [5, 5.41) is 0. The summed E-state index contributed by atoms with van der Waals surface area (Å²) in [7, 11) is 1.99. The van der Waals surface area contributed by atoms with Gasteiger partial charge in [0.05, 0.1) is 0 Å². The summed E-state index contributed by atoms with van der Waals surface area (Å²) in [6, 6.07) is 5.15. The molecule has 0 aliphatic heterocycles. The molecule has 0 fully saturated rings. The van der Waals surface area contributed by atoms with Crippen LogP contribution in [-0.4, -0.2) is 20.1 Å². The van der Waals surface area contributed by atoms with Gasteiger partial charge in [0, 0.05) is 19.3 Å². The van der Waals surface area contributed by atoms with Crippen molar-refractivity contribution in [2.75, 3.05) is 25.0 Å². The molecule has 1 aromatic carbocycles. The first-order valence-corrected chi connectivity index (χ1v) is 4.82. The highest BCUT2D eigenvalue weighted by Gasteiger charge is 2.02. The van der Waals surface area contributed by atoms with Gasteiger partial charge < -0.3 is 10.6 Å². The Morgan fingerprint density at radius 1 is 1.43 bits per heavy atom. The minimum absolute atomic E-state index is 0.152. The predicted molar refractivity (Wildman–Crippen MR) is 58.1 cm³/mol. The second kappa shape index (κ2) is 4.96. The van der Waals surface area contributed by atoms with Crippen molar-refractivity contribution in [3.63, 3.8) is 0 Å². The van der Waals surface area contributed by atoms with Crippen LogP contribution >= 0.6 is 0 Å². The molecule has 0 atom stereocenters. The molecule has 0 bridgehead atoms. The summed E-state index contributed by atoms with van der Waals surface area (Å²) < 4.78 is 13.0. The van der Waals surface area contributed by atoms with Crippen LogP contribution in [0.5, 0.6) is 0 Å². The lowest BCUT2D eigenvalue weighted by Crippen LogP contribution is -2.21. The van der Waals surface area contributed by atoms with Gasteiger partial charge in [-0.25, -0.2) is 4.39 Å². The van der Waals surface area contributed by atoms with Crippen molar-refractivity contribution in [1.82, 2.24) is 0 Å². The summed E-state index contributed by atoms with van der Waals surface area (Å²) in [6.07, 6.45) is 0.951. The smallest absolute Gasteiger partial charge is 0.126 e. The highest BCUT2D eigenvalue weighted by Crippen LogP contribution is 2.16. The van der Waals surface area contributed by atoms with E-state index in [0.717, 1.165) is 18.7 Å². The molecular weight excluding hydrogens is 179 g/mol. The average molecular weight is 196 g/mol. The third-order valence-corrected chi connectivity index (χ3v) is 2.28. The number of halogens is 1. The minimum Gasteiger partial charge on any atom is -0.375 e. The van der Waals surface area contributed by atoms with Crippen LogP contribution < -0.4 is 10.6 Å². The maximum atomic E-state index is 13.0. The normalized spacial score (nSPS) is 10.3. The van der Waals surface area contributed by atoms with Crippen LogP contribution in [0.15, 0.2) is 18.2 Å². The predicted octanol–water partition coefficient (Wildman–Crippen LogP) is 1.92. The van der Waals surface area contributed by atoms with Crippen LogP contribution in [0, 0.1) is 12.7 Å². The van der Waals surface area contributed by atoms with E-state index in [0.29, 0.717) is 12.1 Å². The molecule has 2 N–H and O–H groups in total. The summed E-state index contributed by atoms with van der Waals surface area (Å²) in [5.41, 5.74) is 7.14. The number of rotatable bonds is 4. The van der Waals surface area contributed by atoms with E-state index in [2.05, 4.69) is 4.90 Å². The molecule has 0 aliphatic carbocycles. The number of nitrogens with two attached hydrogens (primary N) is 1. The van der Waals surface area contributed by atoms with Gasteiger partial charge in [0.2, 0.25) is 0 Å². The lowest BCUT2D eigenvalue weighted by atomic mass is 10.2. The van der Waals surface area contributed by atoms with Gasteiger partial charge in [-0.1, -0.05) is 0 Å². The molecule has 1 aromatic rings. The highest BCUT2D eigenvalue weighted by molar-refractivity contribution is 5.47. The van der Waals surface area contributed by atoms with Gasteiger partial charge in [-0.2, -0.15) is 0 Å². The molecule has 0 radical (unpaired) electrons. The van der Waals surface area contributed by atoms with E-state index in [-0.39, 0.29) is 5.82 Å². The van der Waals surface area contributed by atoms with Gasteiger partial charge in [0.1, 0.15) is 5.82 Å². The van der Waals surface area contributed by atoms with Crippen molar-refractivity contribution in [3.05, 3.63) is 29.6 Å². The first-order valence-electron chi connectivity index (χ1n) is 4.82. The van der Waals surface area contributed by atoms with Crippen LogP contribution in [-0.2, 0) is 0 Å². The van der Waals surface area contributed by atoms with E-state index in [9.17, 15) is 4.39 Å². The molecule has 0 spiro atoms. The Hall–Kier alpha value is -1.09. The Morgan fingerprint density at radius 3 is 2.71 bits per heavy atom. The molecule has 1 rings (SSSR count). The molecule has 2 nitrogen and oxygen atoms in total. The zero-order valence-corrected chi connectivity index (χ0v) is 8.76. The first kappa shape index (κ1) is 11.0. The quantitative estimate of drug-likeness (QED) is 0.797. The Balaban J connectivity index is 2.70. The molecule has 0 amide bonds. The largest absolute Gasteiger partial charge is 0.375 e. The fourth-order valence-corrected chi connectivity index (χ4v) is 1.32. The van der Waals surface area contributed by atoms with Crippen molar-refractivity contribution >= 4 is 5.69 Å². The van der Waals surface area contributed by atoms with Crippen LogP contribution in [0.3, 0.4) is 0 Å². The summed E-state index contributed by atoms with van der Waals surface area (Å²) >= 11 is 0. The van der Waals surface area contributed by atoms with E-state index >= 15 is 0 Å². The van der Waals surface area contributed by atoms with Gasteiger partial charge >= 0.3 is 0 Å². The van der Waals surface area contributed by atoms with Crippen LogP contribution in [0.1, 0.15) is 12.0 Å². The van der Waals surface area contributed by atoms with Crippen LogP contribution in [0.25, 0.3) is 0 Å². The number of hydrogen-bond acceptors (Lipinski definition) is 2. The summed E-state index contributed by atoms with van der Waals surface area (Å²) in [4.78, 5) is 2.08. The fourth-order valence-electron chi connectivity index (χ4n) is 1.32. The number of anilines is 1. The topological polar surface area (TPSA) is 29.3 Å². The van der Waals surface area contributed by atoms with E-state index in [4.69, 9.17) is 5.73 Å². The molecule has 78 valence electrons. The average Bonchev–Trinajstić information content (AvgIpc) is 2.18. The van der Waals surface area contributed by atoms with Gasteiger partial charge in [-0.3, -0.25) is 0 Å². The molecule has 0 unspecified atom stereocenters. The third-order valence-electron chi connectivity index (χ3n) is 2.28. The molecule has 0 aromatic heterocycles. The van der Waals surface area contributed by atoms with E-state index < -0.39 is 0 Å². The number of aryl methyl sites for hydroxylation is 1. The van der Waals surface area contributed by atoms with Crippen molar-refractivity contribution in [2.45, 2.75) is 13.3 Å². The van der Waals surface area contributed by atoms with Gasteiger partial charge in [-0.15, -0.1) is 0 Å². The number of benzene rings is 1. The molecule has 0 saturated heterocycles. The number of hydrogen-bond donors (Lipinski definition) is 1. The van der Waals surface area contributed by atoms with Crippen LogP contribution in [0.2, 0.25) is 0 Å². The molecule has 14 heavy (non-hydrogen) atoms. The molecule has 0 saturated carbocycles. The molecular formula is C11H17FN2. The zero-order valence-electron chi connectivity index (χ0n) is 8.76. The summed E-state index contributed by atoms with van der Waals surface area (Å²) in [6.45, 7) is 3.36. The Kier molecular flexibility index (Phi) is 3.89. The van der Waals surface area contributed by atoms with E-state index in [1.165, 1.54) is 6.07 Å². The van der Waals surface area contributed by atoms with E-state index in [1.807, 2.05) is 13.1 Å². The minimum atomic E-state index is -0.152. The fraction of sp³-hybridized carbons (Fsp3) is 0.455. The maximum Gasteiger partial charge on any atom is 0.126 e. The van der Waals surface area contributed by atoms with Gasteiger partial charge in [0.25, 0.3) is 0 Å². The second-order valence-electron chi connectivity index (χ2n) is 3.50. The van der Waals surface area contributed by atoms with E-state index in [1.54, 1.807) is 13.0 Å². The molecule has 3 heteroatoms. The Morgan fingerprint density at radius 2 is 2.14 bits per heavy atom. The van der Waals surface area contributed by atoms with Crippen molar-refractivity contribution in [1.29, 1.82) is 0 Å². The van der Waals surface area contributed by atoms with Gasteiger partial charge in [0.15, 0.2) is 0 Å². The lowest BCUT2D eigenvalue weighted by molar-refractivity contribution is 0.618. The SMILES string of the molecule is Cc1cc(N(C)CCCN)ccc1F.